The van der Waals surface area contributed by atoms with Crippen LogP contribution in [0.1, 0.15) is 12.8 Å². The summed E-state index contributed by atoms with van der Waals surface area (Å²) >= 11 is 5.78. The molecule has 0 bridgehead atoms. The number of hydrogen-bond acceptors (Lipinski definition) is 5. The van der Waals surface area contributed by atoms with Crippen LogP contribution in [0.15, 0.2) is 29.2 Å². The fraction of sp³-hybridized carbons (Fsp3) is 0.562. The first-order chi connectivity index (χ1) is 11.9. The highest BCUT2D eigenvalue weighted by atomic mass is 35.5. The highest BCUT2D eigenvalue weighted by Crippen LogP contribution is 2.17. The van der Waals surface area contributed by atoms with E-state index in [1.54, 1.807) is 24.1 Å². The van der Waals surface area contributed by atoms with Crippen molar-refractivity contribution < 1.29 is 22.7 Å². The van der Waals surface area contributed by atoms with Crippen molar-refractivity contribution in [2.75, 3.05) is 40.0 Å². The minimum Gasteiger partial charge on any atom is -0.382 e. The van der Waals surface area contributed by atoms with Crippen LogP contribution in [0.4, 0.5) is 0 Å². The number of likely N-dealkylation sites (tertiary alicyclic amines) is 1. The highest BCUT2D eigenvalue weighted by Gasteiger charge is 2.26. The van der Waals surface area contributed by atoms with Crippen LogP contribution < -0.4 is 4.72 Å². The topological polar surface area (TPSA) is 84.9 Å². The Morgan fingerprint density at radius 3 is 2.48 bits per heavy atom. The van der Waals surface area contributed by atoms with Gasteiger partial charge in [-0.2, -0.15) is 0 Å². The Hall–Kier alpha value is -1.19. The van der Waals surface area contributed by atoms with E-state index in [4.69, 9.17) is 21.1 Å². The van der Waals surface area contributed by atoms with Crippen LogP contribution in [0, 0.1) is 0 Å². The van der Waals surface area contributed by atoms with Crippen LogP contribution >= 0.6 is 11.6 Å². The maximum atomic E-state index is 12.4. The van der Waals surface area contributed by atoms with Gasteiger partial charge in [0.25, 0.3) is 0 Å². The third kappa shape index (κ3) is 6.23. The van der Waals surface area contributed by atoms with Gasteiger partial charge in [0.05, 0.1) is 18.1 Å². The molecule has 0 radical (unpaired) electrons. The lowest BCUT2D eigenvalue weighted by Crippen LogP contribution is -2.47. The molecule has 25 heavy (non-hydrogen) atoms. The van der Waals surface area contributed by atoms with E-state index in [-0.39, 0.29) is 23.5 Å². The zero-order chi connectivity index (χ0) is 18.3. The number of piperidine rings is 1. The maximum absolute atomic E-state index is 12.4. The van der Waals surface area contributed by atoms with Gasteiger partial charge in [0.15, 0.2) is 0 Å². The second-order valence-electron chi connectivity index (χ2n) is 5.78. The van der Waals surface area contributed by atoms with Gasteiger partial charge >= 0.3 is 0 Å². The predicted molar refractivity (Wildman–Crippen MR) is 94.1 cm³/mol. The SMILES string of the molecule is COCCOCC(=O)N1CCC(NS(=O)(=O)c2ccc(Cl)cc2)CC1. The zero-order valence-corrected chi connectivity index (χ0v) is 15.7. The van der Waals surface area contributed by atoms with Gasteiger partial charge in [-0.15, -0.1) is 0 Å². The van der Waals surface area contributed by atoms with E-state index in [0.717, 1.165) is 0 Å². The molecule has 1 amide bonds. The molecule has 0 aliphatic carbocycles. The number of benzene rings is 1. The molecule has 1 saturated heterocycles. The standard InChI is InChI=1S/C16H23ClN2O5S/c1-23-10-11-24-12-16(20)19-8-6-14(7-9-19)18-25(21,22)15-4-2-13(17)3-5-15/h2-5,14,18H,6-12H2,1H3. The lowest BCUT2D eigenvalue weighted by molar-refractivity contribution is -0.137. The van der Waals surface area contributed by atoms with E-state index in [0.29, 0.717) is 44.2 Å². The van der Waals surface area contributed by atoms with Crippen molar-refractivity contribution in [3.63, 3.8) is 0 Å². The van der Waals surface area contributed by atoms with Gasteiger partial charge in [0.2, 0.25) is 15.9 Å². The molecule has 0 unspecified atom stereocenters. The fourth-order valence-electron chi connectivity index (χ4n) is 2.54. The first kappa shape index (κ1) is 20.1. The maximum Gasteiger partial charge on any atom is 0.248 e. The highest BCUT2D eigenvalue weighted by molar-refractivity contribution is 7.89. The van der Waals surface area contributed by atoms with Crippen molar-refractivity contribution in [3.05, 3.63) is 29.3 Å². The zero-order valence-electron chi connectivity index (χ0n) is 14.1. The molecule has 1 aromatic carbocycles. The number of sulfonamides is 1. The molecule has 1 heterocycles. The van der Waals surface area contributed by atoms with E-state index < -0.39 is 10.0 Å². The van der Waals surface area contributed by atoms with Gasteiger partial charge in [-0.05, 0) is 37.1 Å². The summed E-state index contributed by atoms with van der Waals surface area (Å²) in [5, 5.41) is 0.485. The van der Waals surface area contributed by atoms with E-state index >= 15 is 0 Å². The lowest BCUT2D eigenvalue weighted by atomic mass is 10.1. The third-order valence-corrected chi connectivity index (χ3v) is 5.74. The quantitative estimate of drug-likeness (QED) is 0.676. The first-order valence-electron chi connectivity index (χ1n) is 8.05. The molecule has 1 fully saturated rings. The second kappa shape index (κ2) is 9.49. The predicted octanol–water partition coefficient (Wildman–Crippen LogP) is 1.27. The van der Waals surface area contributed by atoms with Crippen LogP contribution in [0.3, 0.4) is 0 Å². The minimum absolute atomic E-state index is 0.0184. The molecule has 140 valence electrons. The smallest absolute Gasteiger partial charge is 0.248 e. The average molecular weight is 391 g/mol. The number of nitrogens with one attached hydrogen (secondary N) is 1. The van der Waals surface area contributed by atoms with Crippen LogP contribution in [-0.4, -0.2) is 65.3 Å². The van der Waals surface area contributed by atoms with Crippen molar-refractivity contribution in [1.82, 2.24) is 9.62 Å². The van der Waals surface area contributed by atoms with Crippen LogP contribution in [-0.2, 0) is 24.3 Å². The van der Waals surface area contributed by atoms with E-state index in [1.807, 2.05) is 0 Å². The number of nitrogens with zero attached hydrogens (tertiary/aromatic N) is 1. The normalized spacial score (nSPS) is 16.2. The molecule has 0 spiro atoms. The van der Waals surface area contributed by atoms with E-state index in [9.17, 15) is 13.2 Å². The Kier molecular flexibility index (Phi) is 7.64. The Bertz CT molecular complexity index is 658. The van der Waals surface area contributed by atoms with Gasteiger partial charge in [-0.3, -0.25) is 4.79 Å². The van der Waals surface area contributed by atoms with Crippen LogP contribution in [0.2, 0.25) is 5.02 Å². The minimum atomic E-state index is -3.59. The largest absolute Gasteiger partial charge is 0.382 e. The summed E-state index contributed by atoms with van der Waals surface area (Å²) in [6, 6.07) is 5.84. The van der Waals surface area contributed by atoms with Crippen molar-refractivity contribution in [2.24, 2.45) is 0 Å². The summed E-state index contributed by atoms with van der Waals surface area (Å²) < 4.78 is 37.5. The molecule has 1 N–H and O–H groups in total. The number of ether oxygens (including phenoxy) is 2. The molecule has 0 saturated carbocycles. The Labute approximate surface area is 153 Å². The van der Waals surface area contributed by atoms with Crippen molar-refractivity contribution in [3.8, 4) is 0 Å². The summed E-state index contributed by atoms with van der Waals surface area (Å²) in [7, 11) is -2.02. The number of methoxy groups -OCH3 is 1. The number of carbonyl (C=O) groups is 1. The summed E-state index contributed by atoms with van der Waals surface area (Å²) in [5.41, 5.74) is 0. The van der Waals surface area contributed by atoms with E-state index in [2.05, 4.69) is 4.72 Å². The average Bonchev–Trinajstić information content (AvgIpc) is 2.59. The molecule has 7 nitrogen and oxygen atoms in total. The molecule has 0 aromatic heterocycles. The monoisotopic (exact) mass is 390 g/mol. The Balaban J connectivity index is 1.80. The van der Waals surface area contributed by atoms with E-state index in [1.165, 1.54) is 12.1 Å². The van der Waals surface area contributed by atoms with Gasteiger partial charge < -0.3 is 14.4 Å². The number of rotatable bonds is 8. The molecule has 2 rings (SSSR count). The number of carbonyl (C=O) groups excluding carboxylic acids is 1. The van der Waals surface area contributed by atoms with Gasteiger partial charge in [0.1, 0.15) is 6.61 Å². The molecule has 1 aromatic rings. The van der Waals surface area contributed by atoms with Crippen molar-refractivity contribution in [1.29, 1.82) is 0 Å². The number of halogens is 1. The number of hydrogen-bond donors (Lipinski definition) is 1. The van der Waals surface area contributed by atoms with Crippen molar-refractivity contribution in [2.45, 2.75) is 23.8 Å². The van der Waals surface area contributed by atoms with Gasteiger partial charge in [-0.25, -0.2) is 13.1 Å². The van der Waals surface area contributed by atoms with Crippen LogP contribution in [0.5, 0.6) is 0 Å². The summed E-state index contributed by atoms with van der Waals surface area (Å²) in [5.74, 6) is -0.0879. The first-order valence-corrected chi connectivity index (χ1v) is 9.91. The van der Waals surface area contributed by atoms with Crippen LogP contribution in [0.25, 0.3) is 0 Å². The Morgan fingerprint density at radius 2 is 1.88 bits per heavy atom. The Morgan fingerprint density at radius 1 is 1.24 bits per heavy atom. The number of amides is 1. The fourth-order valence-corrected chi connectivity index (χ4v) is 3.97. The van der Waals surface area contributed by atoms with Crippen molar-refractivity contribution >= 4 is 27.5 Å². The summed E-state index contributed by atoms with van der Waals surface area (Å²) in [4.78, 5) is 13.9. The molecular weight excluding hydrogens is 368 g/mol. The molecule has 9 heteroatoms. The molecule has 1 aliphatic rings. The van der Waals surface area contributed by atoms with Gasteiger partial charge in [0, 0.05) is 31.3 Å². The summed E-state index contributed by atoms with van der Waals surface area (Å²) in [6.07, 6.45) is 1.13. The summed E-state index contributed by atoms with van der Waals surface area (Å²) in [6.45, 7) is 1.84. The van der Waals surface area contributed by atoms with Gasteiger partial charge in [-0.1, -0.05) is 11.6 Å². The molecule has 0 atom stereocenters. The lowest BCUT2D eigenvalue weighted by Gasteiger charge is -2.32. The third-order valence-electron chi connectivity index (χ3n) is 3.95. The molecular formula is C16H23ClN2O5S. The molecule has 1 aliphatic heterocycles. The second-order valence-corrected chi connectivity index (χ2v) is 7.93.